The Kier molecular flexibility index (Phi) is 50.7. The molecule has 0 saturated heterocycles. The first-order chi connectivity index (χ1) is 39.5. The van der Waals surface area contributed by atoms with Crippen molar-refractivity contribution in [1.29, 1.82) is 0 Å². The number of aromatic carboxylic acids is 1. The van der Waals surface area contributed by atoms with E-state index >= 15 is 0 Å². The van der Waals surface area contributed by atoms with E-state index in [9.17, 15) is 68.2 Å². The summed E-state index contributed by atoms with van der Waals surface area (Å²) in [5.41, 5.74) is 0.131. The van der Waals surface area contributed by atoms with Gasteiger partial charge in [-0.1, -0.05) is 29.3 Å². The Morgan fingerprint density at radius 3 is 1.17 bits per heavy atom. The maximum Gasteiger partial charge on any atom is 1.00 e. The van der Waals surface area contributed by atoms with Gasteiger partial charge in [-0.05, 0) is 86.5 Å². The van der Waals surface area contributed by atoms with Gasteiger partial charge in [-0.25, -0.2) is 9.59 Å². The summed E-state index contributed by atoms with van der Waals surface area (Å²) in [5.74, 6) is -2.12. The van der Waals surface area contributed by atoms with Gasteiger partial charge >= 0.3 is 77.3 Å². The number of alkyl halides is 2. The molecule has 0 bridgehead atoms. The van der Waals surface area contributed by atoms with Crippen LogP contribution in [0.1, 0.15) is 118 Å². The van der Waals surface area contributed by atoms with Gasteiger partial charge in [0.2, 0.25) is 0 Å². The quantitative estimate of drug-likeness (QED) is 0.0258. The summed E-state index contributed by atoms with van der Waals surface area (Å²) in [6, 6.07) is 9.96. The molecule has 1 unspecified atom stereocenters. The topological polar surface area (TPSA) is 403 Å². The number of benzene rings is 2. The molecule has 88 heavy (non-hydrogen) atoms. The van der Waals surface area contributed by atoms with Crippen LogP contribution in [-0.4, -0.2) is 170 Å². The molecule has 483 valence electrons. The number of carbonyl (C=O) groups excluding carboxylic acids is 9. The number of hydrogen-bond donors (Lipinski definition) is 4. The number of non-ortho nitro benzene ring substituents is 2. The largest absolute Gasteiger partial charge is 1.00 e. The molecule has 0 aliphatic heterocycles. The number of nitro groups is 2. The minimum atomic E-state index is -1.37. The van der Waals surface area contributed by atoms with Crippen molar-refractivity contribution in [3.63, 3.8) is 0 Å². The first kappa shape index (κ1) is 91.0. The summed E-state index contributed by atoms with van der Waals surface area (Å²) in [6.07, 6.45) is 8.73. The first-order valence-corrected chi connectivity index (χ1v) is 26.5. The Balaban J connectivity index is -0.000000228. The van der Waals surface area contributed by atoms with Crippen LogP contribution in [0.5, 0.6) is 0 Å². The van der Waals surface area contributed by atoms with Gasteiger partial charge in [0.25, 0.3) is 11.4 Å². The van der Waals surface area contributed by atoms with Gasteiger partial charge in [-0.2, -0.15) is 0 Å². The van der Waals surface area contributed by atoms with Gasteiger partial charge in [0.1, 0.15) is 11.9 Å². The Hall–Kier alpha value is -5.77. The van der Waals surface area contributed by atoms with Gasteiger partial charge in [-0.15, -0.1) is 6.58 Å². The summed E-state index contributed by atoms with van der Waals surface area (Å²) in [5, 5.41) is 53.8. The minimum absolute atomic E-state index is 0. The number of ether oxygens (including phenoxy) is 7. The Morgan fingerprint density at radius 2 is 0.909 bits per heavy atom. The SMILES string of the molecule is C=CCC(=O)OC.CO.COC(=O)CC1CC(=O)C1.COC(=O)CC1CC(=O)C1(Cl)Cl.COC(=O)CC1CC(O)C1.COC(=O)CC1CC(O)C1.COC(=O)CC1CC(OC(=O)c2ccc([N+](=O)[O-])cc2)C1.O=C(O)c1ccc([N+](=O)[O-])cc1.[B].[CH3-].[H-].[Na+].[Zn]. The van der Waals surface area contributed by atoms with E-state index in [2.05, 4.69) is 35.0 Å². The molecule has 5 aliphatic carbocycles. The van der Waals surface area contributed by atoms with Crippen molar-refractivity contribution in [2.75, 3.05) is 49.8 Å². The molecule has 3 radical (unpaired) electrons. The number of aliphatic hydroxyl groups excluding tert-OH is 3. The Bertz CT molecular complexity index is 2450. The summed E-state index contributed by atoms with van der Waals surface area (Å²) in [6.45, 7) is 3.35. The maximum atomic E-state index is 11.8. The molecule has 7 rings (SSSR count). The number of methoxy groups -OCH3 is 6. The van der Waals surface area contributed by atoms with Crippen LogP contribution in [0, 0.1) is 57.2 Å². The van der Waals surface area contributed by atoms with E-state index in [-0.39, 0.29) is 179 Å². The van der Waals surface area contributed by atoms with Gasteiger partial charge in [0.15, 0.2) is 10.1 Å². The molecule has 2 aromatic carbocycles. The van der Waals surface area contributed by atoms with E-state index < -0.39 is 32.1 Å². The summed E-state index contributed by atoms with van der Waals surface area (Å²) in [4.78, 5) is 127. The summed E-state index contributed by atoms with van der Waals surface area (Å²) >= 11 is 11.3. The zero-order valence-electron chi connectivity index (χ0n) is 51.9. The average molecular weight is 1350 g/mol. The number of aliphatic hydroxyl groups is 3. The van der Waals surface area contributed by atoms with E-state index in [4.69, 9.17) is 48.4 Å². The third kappa shape index (κ3) is 36.6. The van der Waals surface area contributed by atoms with Gasteiger partial charge in [0.05, 0.1) is 88.7 Å². The predicted molar refractivity (Wildman–Crippen MR) is 309 cm³/mol. The summed E-state index contributed by atoms with van der Waals surface area (Å²) in [7, 11) is 9.11. The normalized spacial score (nSPS) is 19.5. The molecule has 0 heterocycles. The molecule has 0 amide bonds. The van der Waals surface area contributed by atoms with Crippen LogP contribution in [0.4, 0.5) is 11.4 Å². The minimum Gasteiger partial charge on any atom is -1.00 e. The first-order valence-electron chi connectivity index (χ1n) is 25.7. The fourth-order valence-electron chi connectivity index (χ4n) is 7.61. The fraction of sp³-hybridized carbons (Fsp3) is 0.554. The van der Waals surface area contributed by atoms with Gasteiger partial charge in [0, 0.05) is 110 Å². The molecule has 4 N–H and O–H groups in total. The molecule has 0 aromatic heterocycles. The zero-order valence-corrected chi connectivity index (χ0v) is 57.4. The fourth-order valence-corrected chi connectivity index (χ4v) is 8.07. The van der Waals surface area contributed by atoms with Crippen LogP contribution in [0.25, 0.3) is 0 Å². The molecule has 0 spiro atoms. The van der Waals surface area contributed by atoms with Crippen molar-refractivity contribution in [2.45, 2.75) is 119 Å². The zero-order chi connectivity index (χ0) is 64.3. The number of Topliss-reactive ketones (excluding diaryl/α,β-unsaturated/α-hetero) is 2. The summed E-state index contributed by atoms with van der Waals surface area (Å²) < 4.78 is 30.5. The molecule has 5 fully saturated rings. The number of carboxylic acids is 1. The molecule has 1 atom stereocenters. The van der Waals surface area contributed by atoms with Crippen molar-refractivity contribution in [3.05, 3.63) is 100.0 Å². The Morgan fingerprint density at radius 1 is 0.591 bits per heavy atom. The maximum absolute atomic E-state index is 11.8. The number of nitrogens with zero attached hydrogens (tertiary/aromatic N) is 2. The van der Waals surface area contributed by atoms with Crippen LogP contribution < -0.4 is 29.6 Å². The van der Waals surface area contributed by atoms with Crippen molar-refractivity contribution < 1.29 is 162 Å². The molecular weight excluding hydrogens is 1270 g/mol. The second kappa shape index (κ2) is 49.1. The van der Waals surface area contributed by atoms with Crippen LogP contribution in [0.15, 0.2) is 61.2 Å². The van der Waals surface area contributed by atoms with Crippen LogP contribution >= 0.6 is 23.2 Å². The molecule has 27 nitrogen and oxygen atoms in total. The van der Waals surface area contributed by atoms with E-state index in [0.29, 0.717) is 69.6 Å². The van der Waals surface area contributed by atoms with E-state index in [0.717, 1.165) is 44.9 Å². The third-order valence-corrected chi connectivity index (χ3v) is 13.8. The molecular formula is C56H78BCl2N2NaO25Zn-. The third-order valence-electron chi connectivity index (χ3n) is 12.8. The van der Waals surface area contributed by atoms with E-state index in [1.165, 1.54) is 85.1 Å². The number of halogens is 2. The number of nitro benzene ring substituents is 2. The second-order valence-electron chi connectivity index (χ2n) is 19.0. The smallest absolute Gasteiger partial charge is 1.00 e. The molecule has 2 aromatic rings. The van der Waals surface area contributed by atoms with Crippen LogP contribution in [0.3, 0.4) is 0 Å². The number of ketones is 2. The predicted octanol–water partition coefficient (Wildman–Crippen LogP) is 3.40. The van der Waals surface area contributed by atoms with E-state index in [1.807, 2.05) is 0 Å². The van der Waals surface area contributed by atoms with Crippen LogP contribution in [-0.2, 0) is 91.0 Å². The van der Waals surface area contributed by atoms with Crippen molar-refractivity contribution in [3.8, 4) is 0 Å². The van der Waals surface area contributed by atoms with Gasteiger partial charge < -0.3 is 62.4 Å². The molecule has 5 saturated carbocycles. The standard InChI is InChI=1S/C14H15NO6.C7H8Cl2O3.C7H5NO4.2C7H12O3.C7H10O3.C5H8O2.CH4O.CH3.B.Na.Zn.H/c1-20-13(16)8-9-6-12(7-9)21-14(17)10-2-4-11(5-3-10)15(18)19;1-12-6(11)3-4-2-5(10)7(4,8)9;9-7(10)5-1-3-6(4-2-5)8(11)12;3*1-10-7(9)4-5-2-6(8)3-5;1-3-4-5(6)7-2;1-2;;;;;/h2-5,9,12H,6-8H2,1H3;4H,2-3H2,1H3;1-4H,(H,9,10);2*5-6,8H,2-4H2,1H3;5H,2-4H2,1H3;3H,1,4H2,2H3;2H,1H3;1H3;;;;/q;;;;;;;;-1;;+1;;-1. The number of carbonyl (C=O) groups is 10. The van der Waals surface area contributed by atoms with Gasteiger partial charge in [-0.3, -0.25) is 58.6 Å². The molecule has 32 heteroatoms. The Labute approximate surface area is 558 Å². The molecule has 5 aliphatic rings. The van der Waals surface area contributed by atoms with Crippen molar-refractivity contribution in [2.24, 2.45) is 29.6 Å². The number of rotatable bonds is 17. The second-order valence-corrected chi connectivity index (χ2v) is 20.4. The number of esters is 7. The van der Waals surface area contributed by atoms with Crippen LogP contribution in [0.2, 0.25) is 0 Å². The van der Waals surface area contributed by atoms with Crippen molar-refractivity contribution in [1.82, 2.24) is 0 Å². The monoisotopic (exact) mass is 1350 g/mol. The average Bonchev–Trinajstić information content (AvgIpc) is 1.000. The van der Waals surface area contributed by atoms with E-state index in [1.54, 1.807) is 0 Å². The number of hydrogen-bond acceptors (Lipinski definition) is 24. The number of carboxylic acid groups (broad SMARTS) is 1. The van der Waals surface area contributed by atoms with Crippen molar-refractivity contribution >= 4 is 102 Å².